The highest BCUT2D eigenvalue weighted by Gasteiger charge is 2.37. The van der Waals surface area contributed by atoms with Crippen molar-refractivity contribution in [3.05, 3.63) is 71.0 Å². The summed E-state index contributed by atoms with van der Waals surface area (Å²) >= 11 is 0. The molecule has 224 valence electrons. The Hall–Kier alpha value is -4.77. The second kappa shape index (κ2) is 11.8. The Kier molecular flexibility index (Phi) is 8.19. The number of methoxy groups -OCH3 is 1. The Morgan fingerprint density at radius 3 is 2.37 bits per heavy atom. The number of ether oxygens (including phenoxy) is 1. The molecule has 2 saturated heterocycles. The van der Waals surface area contributed by atoms with Crippen molar-refractivity contribution in [3.63, 3.8) is 0 Å². The van der Waals surface area contributed by atoms with E-state index in [1.165, 1.54) is 20.2 Å². The van der Waals surface area contributed by atoms with E-state index >= 15 is 4.39 Å². The monoisotopic (exact) mass is 588 g/mol. The molecule has 2 aliphatic rings. The maximum atomic E-state index is 15.5. The summed E-state index contributed by atoms with van der Waals surface area (Å²) < 4.78 is 21.0. The molecule has 0 aliphatic carbocycles. The fraction of sp³-hybridized carbons (Fsp3) is 0.312. The minimum absolute atomic E-state index is 0.0760. The van der Waals surface area contributed by atoms with E-state index in [4.69, 9.17) is 9.84 Å². The van der Waals surface area contributed by atoms with Crippen molar-refractivity contribution < 1.29 is 33.4 Å². The lowest BCUT2D eigenvalue weighted by Crippen LogP contribution is -2.56. The van der Waals surface area contributed by atoms with Crippen molar-refractivity contribution in [1.29, 1.82) is 0 Å². The lowest BCUT2D eigenvalue weighted by Gasteiger charge is -2.36. The summed E-state index contributed by atoms with van der Waals surface area (Å²) in [6, 6.07) is 13.9. The normalized spacial score (nSPS) is 17.3. The third kappa shape index (κ3) is 5.68. The van der Waals surface area contributed by atoms with Gasteiger partial charge < -0.3 is 20.5 Å². The highest BCUT2D eigenvalue weighted by Crippen LogP contribution is 2.38. The Balaban J connectivity index is 1.41. The highest BCUT2D eigenvalue weighted by molar-refractivity contribution is 6.12. The topological polar surface area (TPSA) is 128 Å². The minimum Gasteiger partial charge on any atom is -0.496 e. The van der Waals surface area contributed by atoms with Gasteiger partial charge in [0.15, 0.2) is 0 Å². The highest BCUT2D eigenvalue weighted by atomic mass is 19.1. The van der Waals surface area contributed by atoms with Crippen LogP contribution in [0.5, 0.6) is 5.75 Å². The van der Waals surface area contributed by atoms with Crippen LogP contribution in [0.25, 0.3) is 22.3 Å². The van der Waals surface area contributed by atoms with Gasteiger partial charge in [0, 0.05) is 44.5 Å². The molecule has 4 amide bonds. The number of rotatable bonds is 8. The predicted molar refractivity (Wildman–Crippen MR) is 158 cm³/mol. The van der Waals surface area contributed by atoms with Gasteiger partial charge >= 0.3 is 12.0 Å². The summed E-state index contributed by atoms with van der Waals surface area (Å²) in [6.07, 6.45) is 0. The number of aliphatic carboxylic acids is 1. The van der Waals surface area contributed by atoms with Crippen LogP contribution in [0.2, 0.25) is 0 Å². The number of likely N-dealkylation sites (tertiary alicyclic amines) is 1. The minimum atomic E-state index is -1.04. The fourth-order valence-electron chi connectivity index (χ4n) is 5.64. The number of carbonyl (C=O) groups is 4. The number of carboxylic acids is 1. The Morgan fingerprint density at radius 2 is 1.70 bits per heavy atom. The summed E-state index contributed by atoms with van der Waals surface area (Å²) in [5, 5.41) is 14.5. The van der Waals surface area contributed by atoms with E-state index < -0.39 is 41.5 Å². The van der Waals surface area contributed by atoms with Crippen LogP contribution in [0.15, 0.2) is 48.5 Å². The number of hydrogen-bond acceptors (Lipinski definition) is 6. The zero-order valence-electron chi connectivity index (χ0n) is 24.4. The first-order valence-electron chi connectivity index (χ1n) is 13.9. The maximum absolute atomic E-state index is 15.5. The van der Waals surface area contributed by atoms with Gasteiger partial charge in [0.25, 0.3) is 0 Å². The number of carboxylic acid groups (broad SMARTS) is 1. The van der Waals surface area contributed by atoms with Gasteiger partial charge in [0.1, 0.15) is 17.5 Å². The van der Waals surface area contributed by atoms with E-state index in [0.717, 1.165) is 32.7 Å². The lowest BCUT2D eigenvalue weighted by atomic mass is 9.89. The molecule has 11 heteroatoms. The molecule has 1 unspecified atom stereocenters. The van der Waals surface area contributed by atoms with Crippen molar-refractivity contribution in [3.8, 4) is 28.0 Å². The third-order valence-electron chi connectivity index (χ3n) is 8.30. The zero-order chi connectivity index (χ0) is 31.0. The molecular weight excluding hydrogens is 555 g/mol. The molecule has 2 heterocycles. The van der Waals surface area contributed by atoms with Gasteiger partial charge in [0.05, 0.1) is 13.0 Å². The SMILES string of the molecule is COc1cc(-c2cccc(-c3cccc(NC(=O)C4CNC(=O)N(C)C4=O)c3C)c2C)cc(F)c1CN1CC(C(=O)O)C1. The summed E-state index contributed by atoms with van der Waals surface area (Å²) in [5.74, 6) is -3.45. The maximum Gasteiger partial charge on any atom is 0.323 e. The lowest BCUT2D eigenvalue weighted by molar-refractivity contribution is -0.147. The first-order chi connectivity index (χ1) is 20.5. The van der Waals surface area contributed by atoms with Crippen molar-refractivity contribution in [2.45, 2.75) is 20.4 Å². The van der Waals surface area contributed by atoms with Crippen LogP contribution in [0.1, 0.15) is 16.7 Å². The first kappa shape index (κ1) is 29.7. The van der Waals surface area contributed by atoms with Crippen LogP contribution in [0.4, 0.5) is 14.9 Å². The van der Waals surface area contributed by atoms with Crippen LogP contribution >= 0.6 is 0 Å². The number of hydrogen-bond donors (Lipinski definition) is 3. The first-order valence-corrected chi connectivity index (χ1v) is 13.9. The summed E-state index contributed by atoms with van der Waals surface area (Å²) in [7, 11) is 2.81. The number of nitrogens with one attached hydrogen (secondary N) is 2. The smallest absolute Gasteiger partial charge is 0.323 e. The molecule has 2 aliphatic heterocycles. The summed E-state index contributed by atoms with van der Waals surface area (Å²) in [5.41, 5.74) is 5.76. The van der Waals surface area contributed by atoms with Crippen LogP contribution < -0.4 is 15.4 Å². The second-order valence-electron chi connectivity index (χ2n) is 10.9. The summed E-state index contributed by atoms with van der Waals surface area (Å²) in [6.45, 7) is 4.72. The molecule has 3 N–H and O–H groups in total. The number of halogens is 1. The van der Waals surface area contributed by atoms with Gasteiger partial charge in [-0.2, -0.15) is 0 Å². The molecule has 0 saturated carbocycles. The molecule has 1 atom stereocenters. The molecule has 3 aromatic carbocycles. The molecule has 0 spiro atoms. The van der Waals surface area contributed by atoms with E-state index in [0.29, 0.717) is 35.7 Å². The predicted octanol–water partition coefficient (Wildman–Crippen LogP) is 4.04. The third-order valence-corrected chi connectivity index (χ3v) is 8.30. The number of imide groups is 1. The van der Waals surface area contributed by atoms with E-state index in [1.807, 2.05) is 49.1 Å². The average molecular weight is 589 g/mol. The van der Waals surface area contributed by atoms with Crippen molar-refractivity contribution in [2.75, 3.05) is 39.1 Å². The largest absolute Gasteiger partial charge is 0.496 e. The van der Waals surface area contributed by atoms with Crippen LogP contribution in [-0.4, -0.2) is 72.5 Å². The van der Waals surface area contributed by atoms with Gasteiger partial charge in [-0.15, -0.1) is 0 Å². The molecule has 0 bridgehead atoms. The molecule has 0 aromatic heterocycles. The van der Waals surface area contributed by atoms with E-state index in [2.05, 4.69) is 10.6 Å². The fourth-order valence-corrected chi connectivity index (χ4v) is 5.64. The van der Waals surface area contributed by atoms with E-state index in [1.54, 1.807) is 12.1 Å². The Morgan fingerprint density at radius 1 is 1.05 bits per heavy atom. The average Bonchev–Trinajstić information content (AvgIpc) is 2.95. The zero-order valence-corrected chi connectivity index (χ0v) is 24.4. The number of benzene rings is 3. The van der Waals surface area contributed by atoms with Gasteiger partial charge in [-0.1, -0.05) is 30.3 Å². The Bertz CT molecular complexity index is 1630. The van der Waals surface area contributed by atoms with Crippen molar-refractivity contribution >= 4 is 29.5 Å². The van der Waals surface area contributed by atoms with Crippen molar-refractivity contribution in [1.82, 2.24) is 15.1 Å². The number of amides is 4. The Labute approximate surface area is 248 Å². The molecule has 5 rings (SSSR count). The van der Waals surface area contributed by atoms with Crippen LogP contribution in [0, 0.1) is 31.5 Å². The molecule has 3 aromatic rings. The standard InChI is InChI=1S/C32H33FN4O6/c1-17-21(19-11-26(33)25(28(12-19)43-4)16-37-14-20(15-37)31(40)41)7-5-8-22(17)23-9-6-10-27(18(23)2)35-29(38)24-13-34-32(42)36(3)30(24)39/h5-12,20,24H,13-16H2,1-4H3,(H,34,42)(H,35,38)(H,40,41). The van der Waals surface area contributed by atoms with Crippen LogP contribution in [0.3, 0.4) is 0 Å². The molecular formula is C32H33FN4O6. The summed E-state index contributed by atoms with van der Waals surface area (Å²) in [4.78, 5) is 51.1. The molecule has 43 heavy (non-hydrogen) atoms. The van der Waals surface area contributed by atoms with Crippen molar-refractivity contribution in [2.24, 2.45) is 11.8 Å². The van der Waals surface area contributed by atoms with E-state index in [9.17, 15) is 19.2 Å². The van der Waals surface area contributed by atoms with Gasteiger partial charge in [0.2, 0.25) is 11.8 Å². The van der Waals surface area contributed by atoms with Crippen LogP contribution in [-0.2, 0) is 20.9 Å². The number of urea groups is 1. The van der Waals surface area contributed by atoms with Gasteiger partial charge in [-0.25, -0.2) is 9.18 Å². The second-order valence-corrected chi connectivity index (χ2v) is 10.9. The number of anilines is 1. The number of nitrogens with zero attached hydrogens (tertiary/aromatic N) is 2. The van der Waals surface area contributed by atoms with E-state index in [-0.39, 0.29) is 13.1 Å². The van der Waals surface area contributed by atoms with Gasteiger partial charge in [-0.05, 0) is 65.4 Å². The molecule has 2 fully saturated rings. The number of carbonyl (C=O) groups excluding carboxylic acids is 3. The quantitative estimate of drug-likeness (QED) is 0.339. The molecule has 0 radical (unpaired) electrons. The molecule has 10 nitrogen and oxygen atoms in total. The van der Waals surface area contributed by atoms with Gasteiger partial charge in [-0.3, -0.25) is 24.2 Å².